The lowest BCUT2D eigenvalue weighted by molar-refractivity contribution is -0.139. The summed E-state index contributed by atoms with van der Waals surface area (Å²) in [4.78, 5) is 23.9. The summed E-state index contributed by atoms with van der Waals surface area (Å²) in [6.45, 7) is 6.99. The van der Waals surface area contributed by atoms with E-state index in [9.17, 15) is 18.0 Å². The molecule has 156 valence electrons. The number of nitrogens with zero attached hydrogens (tertiary/aromatic N) is 1. The normalized spacial score (nSPS) is 18.1. The van der Waals surface area contributed by atoms with E-state index in [1.54, 1.807) is 28.6 Å². The van der Waals surface area contributed by atoms with E-state index in [1.165, 1.54) is 0 Å². The van der Waals surface area contributed by atoms with Gasteiger partial charge in [-0.3, -0.25) is 9.59 Å². The van der Waals surface area contributed by atoms with Crippen LogP contribution in [0.3, 0.4) is 0 Å². The Morgan fingerprint density at radius 1 is 1.11 bits per heavy atom. The molecule has 0 saturated carbocycles. The van der Waals surface area contributed by atoms with E-state index in [1.807, 2.05) is 20.8 Å². The van der Waals surface area contributed by atoms with Crippen LogP contribution in [0, 0.1) is 12.8 Å². The Balaban J connectivity index is 1.95. The van der Waals surface area contributed by atoms with Gasteiger partial charge >= 0.3 is 11.8 Å². The quantitative estimate of drug-likeness (QED) is 0.672. The summed E-state index contributed by atoms with van der Waals surface area (Å²) >= 11 is 0. The third-order valence-corrected chi connectivity index (χ3v) is 6.81. The molecule has 0 spiro atoms. The van der Waals surface area contributed by atoms with Gasteiger partial charge in [0.25, 0.3) is 0 Å². The van der Waals surface area contributed by atoms with Gasteiger partial charge in [0, 0.05) is 25.7 Å². The molecule has 28 heavy (non-hydrogen) atoms. The van der Waals surface area contributed by atoms with Crippen LogP contribution in [-0.2, 0) is 19.6 Å². The molecular formula is C20H31N3O4S. The monoisotopic (exact) mass is 409 g/mol. The Morgan fingerprint density at radius 2 is 1.75 bits per heavy atom. The molecule has 1 saturated heterocycles. The molecule has 1 fully saturated rings. The van der Waals surface area contributed by atoms with Gasteiger partial charge in [0.2, 0.25) is 10.0 Å². The highest BCUT2D eigenvalue weighted by atomic mass is 32.2. The summed E-state index contributed by atoms with van der Waals surface area (Å²) in [6.07, 6.45) is 3.01. The van der Waals surface area contributed by atoms with Crippen LogP contribution in [0.4, 0.5) is 0 Å². The highest BCUT2D eigenvalue weighted by molar-refractivity contribution is 7.89. The molecule has 8 heteroatoms. The van der Waals surface area contributed by atoms with Crippen LogP contribution >= 0.6 is 0 Å². The van der Waals surface area contributed by atoms with Gasteiger partial charge in [0.15, 0.2) is 0 Å². The second-order valence-electron chi connectivity index (χ2n) is 7.73. The summed E-state index contributed by atoms with van der Waals surface area (Å²) in [7, 11) is -3.57. The average molecular weight is 410 g/mol. The van der Waals surface area contributed by atoms with Gasteiger partial charge in [0.05, 0.1) is 4.90 Å². The van der Waals surface area contributed by atoms with Crippen LogP contribution in [-0.4, -0.2) is 50.2 Å². The fraction of sp³-hybridized carbons (Fsp3) is 0.600. The zero-order chi connectivity index (χ0) is 20.7. The molecule has 1 aliphatic rings. The van der Waals surface area contributed by atoms with Gasteiger partial charge in [-0.25, -0.2) is 8.42 Å². The van der Waals surface area contributed by atoms with Crippen molar-refractivity contribution in [3.63, 3.8) is 0 Å². The van der Waals surface area contributed by atoms with Crippen LogP contribution in [0.1, 0.15) is 45.1 Å². The maximum Gasteiger partial charge on any atom is 0.309 e. The minimum atomic E-state index is -3.57. The van der Waals surface area contributed by atoms with Crippen molar-refractivity contribution in [3.05, 3.63) is 29.8 Å². The zero-order valence-electron chi connectivity index (χ0n) is 16.9. The number of carbonyl (C=O) groups is 2. The van der Waals surface area contributed by atoms with Crippen molar-refractivity contribution in [2.75, 3.05) is 19.6 Å². The molecule has 1 aliphatic heterocycles. The van der Waals surface area contributed by atoms with E-state index in [4.69, 9.17) is 0 Å². The Labute approximate surface area is 167 Å². The van der Waals surface area contributed by atoms with Crippen LogP contribution in [0.25, 0.3) is 0 Å². The Morgan fingerprint density at radius 3 is 2.39 bits per heavy atom. The van der Waals surface area contributed by atoms with Gasteiger partial charge in [-0.2, -0.15) is 4.31 Å². The number of hydrogen-bond donors (Lipinski definition) is 2. The van der Waals surface area contributed by atoms with Gasteiger partial charge in [0.1, 0.15) is 0 Å². The van der Waals surface area contributed by atoms with E-state index in [0.29, 0.717) is 24.4 Å². The lowest BCUT2D eigenvalue weighted by atomic mass is 10.0. The Kier molecular flexibility index (Phi) is 8.00. The van der Waals surface area contributed by atoms with Gasteiger partial charge in [-0.15, -0.1) is 0 Å². The molecule has 7 nitrogen and oxygen atoms in total. The first-order valence-electron chi connectivity index (χ1n) is 9.86. The number of carbonyl (C=O) groups excluding carboxylic acids is 2. The Hall–Kier alpha value is -1.93. The summed E-state index contributed by atoms with van der Waals surface area (Å²) in [6, 6.07) is 6.68. The predicted molar refractivity (Wildman–Crippen MR) is 108 cm³/mol. The topological polar surface area (TPSA) is 95.6 Å². The molecule has 1 aromatic rings. The molecule has 0 unspecified atom stereocenters. The largest absolute Gasteiger partial charge is 0.348 e. The fourth-order valence-corrected chi connectivity index (χ4v) is 4.96. The molecule has 1 aromatic carbocycles. The molecular weight excluding hydrogens is 378 g/mol. The van der Waals surface area contributed by atoms with E-state index < -0.39 is 21.8 Å². The second-order valence-corrected chi connectivity index (χ2v) is 9.62. The first-order chi connectivity index (χ1) is 13.2. The Bertz CT molecular complexity index is 775. The summed E-state index contributed by atoms with van der Waals surface area (Å²) in [5, 5.41) is 5.17. The standard InChI is InChI=1S/C20H31N3O4S/c1-15(2)14-22-20(25)19(24)21-12-11-17-6-4-5-13-23(17)28(26,27)18-9-7-16(3)8-10-18/h7-10,15,17H,4-6,11-14H2,1-3H3,(H,21,24)(H,22,25)/t17-/m0/s1. The maximum atomic E-state index is 13.0. The first kappa shape index (κ1) is 22.4. The molecule has 2 rings (SSSR count). The SMILES string of the molecule is Cc1ccc(S(=O)(=O)N2CCCC[C@H]2CCNC(=O)C(=O)NCC(C)C)cc1. The molecule has 2 N–H and O–H groups in total. The molecule has 2 amide bonds. The minimum Gasteiger partial charge on any atom is -0.348 e. The maximum absolute atomic E-state index is 13.0. The van der Waals surface area contributed by atoms with Gasteiger partial charge < -0.3 is 10.6 Å². The third-order valence-electron chi connectivity index (χ3n) is 4.84. The van der Waals surface area contributed by atoms with Crippen molar-refractivity contribution in [2.24, 2.45) is 5.92 Å². The third kappa shape index (κ3) is 6.04. The molecule has 1 atom stereocenters. The number of benzene rings is 1. The fourth-order valence-electron chi connectivity index (χ4n) is 3.23. The predicted octanol–water partition coefficient (Wildman–Crippen LogP) is 1.82. The van der Waals surface area contributed by atoms with Crippen LogP contribution in [0.5, 0.6) is 0 Å². The molecule has 0 aromatic heterocycles. The van der Waals surface area contributed by atoms with E-state index in [2.05, 4.69) is 10.6 Å². The van der Waals surface area contributed by atoms with Crippen molar-refractivity contribution < 1.29 is 18.0 Å². The smallest absolute Gasteiger partial charge is 0.309 e. The molecule has 0 aliphatic carbocycles. The summed E-state index contributed by atoms with van der Waals surface area (Å²) < 4.78 is 27.6. The number of nitrogens with one attached hydrogen (secondary N) is 2. The highest BCUT2D eigenvalue weighted by Gasteiger charge is 2.33. The molecule has 0 bridgehead atoms. The van der Waals surface area contributed by atoms with Crippen LogP contribution < -0.4 is 10.6 Å². The van der Waals surface area contributed by atoms with Crippen molar-refractivity contribution in [1.82, 2.24) is 14.9 Å². The van der Waals surface area contributed by atoms with E-state index in [0.717, 1.165) is 24.8 Å². The van der Waals surface area contributed by atoms with Crippen LogP contribution in [0.15, 0.2) is 29.2 Å². The number of hydrogen-bond acceptors (Lipinski definition) is 4. The molecule has 0 radical (unpaired) electrons. The van der Waals surface area contributed by atoms with Crippen molar-refractivity contribution in [3.8, 4) is 0 Å². The zero-order valence-corrected chi connectivity index (χ0v) is 17.7. The van der Waals surface area contributed by atoms with Crippen molar-refractivity contribution >= 4 is 21.8 Å². The van der Waals surface area contributed by atoms with E-state index in [-0.39, 0.29) is 18.5 Å². The van der Waals surface area contributed by atoms with Crippen molar-refractivity contribution in [2.45, 2.75) is 57.4 Å². The number of aryl methyl sites for hydroxylation is 1. The number of piperidine rings is 1. The van der Waals surface area contributed by atoms with Gasteiger partial charge in [-0.1, -0.05) is 38.0 Å². The number of amides is 2. The number of rotatable bonds is 7. The van der Waals surface area contributed by atoms with Crippen LogP contribution in [0.2, 0.25) is 0 Å². The number of sulfonamides is 1. The average Bonchev–Trinajstić information content (AvgIpc) is 2.66. The first-order valence-corrected chi connectivity index (χ1v) is 11.3. The molecule has 1 heterocycles. The van der Waals surface area contributed by atoms with E-state index >= 15 is 0 Å². The van der Waals surface area contributed by atoms with Gasteiger partial charge in [-0.05, 0) is 44.2 Å². The van der Waals surface area contributed by atoms with Crippen molar-refractivity contribution in [1.29, 1.82) is 0 Å². The minimum absolute atomic E-state index is 0.181. The lowest BCUT2D eigenvalue weighted by Gasteiger charge is -2.34. The summed E-state index contributed by atoms with van der Waals surface area (Å²) in [5.74, 6) is -1.06. The summed E-state index contributed by atoms with van der Waals surface area (Å²) in [5.41, 5.74) is 1.01. The highest BCUT2D eigenvalue weighted by Crippen LogP contribution is 2.27. The second kappa shape index (κ2) is 10.0. The lowest BCUT2D eigenvalue weighted by Crippen LogP contribution is -2.46.